The minimum absolute atomic E-state index is 0.0427. The number of sulfonamides is 1. The topological polar surface area (TPSA) is 127 Å². The number of nitrogens with one attached hydrogen (secondary N) is 2. The first-order valence-electron chi connectivity index (χ1n) is 12.7. The highest BCUT2D eigenvalue weighted by molar-refractivity contribution is 7.92. The molecular formula is C26H36N6O5S. The number of ether oxygens (including phenoxy) is 2. The van der Waals surface area contributed by atoms with Gasteiger partial charge in [0.1, 0.15) is 23.3 Å². The molecule has 3 heterocycles. The third-order valence-corrected chi connectivity index (χ3v) is 7.52. The van der Waals surface area contributed by atoms with E-state index in [1.54, 1.807) is 37.1 Å². The van der Waals surface area contributed by atoms with Gasteiger partial charge in [0, 0.05) is 36.6 Å². The highest BCUT2D eigenvalue weighted by Crippen LogP contribution is 2.36. The van der Waals surface area contributed by atoms with Crippen LogP contribution in [0.3, 0.4) is 0 Å². The number of carbonyl (C=O) groups excluding carboxylic acids is 1. The molecule has 0 radical (unpaired) electrons. The molecular weight excluding hydrogens is 508 g/mol. The van der Waals surface area contributed by atoms with Crippen molar-refractivity contribution in [3.8, 4) is 16.9 Å². The van der Waals surface area contributed by atoms with Crippen molar-refractivity contribution >= 4 is 33.1 Å². The second kappa shape index (κ2) is 10.7. The zero-order valence-electron chi connectivity index (χ0n) is 22.7. The molecule has 1 fully saturated rings. The summed E-state index contributed by atoms with van der Waals surface area (Å²) in [5.74, 6) is 1.25. The van der Waals surface area contributed by atoms with Crippen LogP contribution in [-0.4, -0.2) is 71.6 Å². The van der Waals surface area contributed by atoms with Gasteiger partial charge in [-0.15, -0.1) is 10.2 Å². The van der Waals surface area contributed by atoms with E-state index in [9.17, 15) is 13.2 Å². The highest BCUT2D eigenvalue weighted by Gasteiger charge is 2.29. The molecule has 2 N–H and O–H groups in total. The molecule has 0 aliphatic carbocycles. The van der Waals surface area contributed by atoms with E-state index >= 15 is 0 Å². The zero-order chi connectivity index (χ0) is 27.7. The number of anilines is 2. The highest BCUT2D eigenvalue weighted by atomic mass is 32.2. The lowest BCUT2D eigenvalue weighted by molar-refractivity contribution is 0.00783. The van der Waals surface area contributed by atoms with Crippen LogP contribution < -0.4 is 14.8 Å². The number of amides is 1. The number of hydrogen-bond acceptors (Lipinski definition) is 8. The summed E-state index contributed by atoms with van der Waals surface area (Å²) in [5.41, 5.74) is 2.78. The normalized spacial score (nSPS) is 16.4. The number of carbonyl (C=O) groups is 1. The third kappa shape index (κ3) is 6.29. The molecule has 12 heteroatoms. The van der Waals surface area contributed by atoms with Crippen LogP contribution in [0.2, 0.25) is 0 Å². The van der Waals surface area contributed by atoms with E-state index in [0.29, 0.717) is 41.6 Å². The summed E-state index contributed by atoms with van der Waals surface area (Å²) in [6, 6.07) is 7.13. The van der Waals surface area contributed by atoms with Crippen LogP contribution in [0.25, 0.3) is 16.8 Å². The number of likely N-dealkylation sites (tertiary alicyclic amines) is 1. The van der Waals surface area contributed by atoms with Gasteiger partial charge in [-0.3, -0.25) is 9.12 Å². The minimum atomic E-state index is -3.48. The Bertz CT molecular complexity index is 1430. The Hall–Kier alpha value is -3.54. The summed E-state index contributed by atoms with van der Waals surface area (Å²) in [4.78, 5) is 14.3. The predicted octanol–water partition coefficient (Wildman–Crippen LogP) is 4.29. The molecule has 2 aromatic heterocycles. The average molecular weight is 545 g/mol. The summed E-state index contributed by atoms with van der Waals surface area (Å²) in [6.07, 6.45) is 2.84. The monoisotopic (exact) mass is 544 g/mol. The van der Waals surface area contributed by atoms with Crippen molar-refractivity contribution in [1.82, 2.24) is 19.5 Å². The van der Waals surface area contributed by atoms with Crippen molar-refractivity contribution in [2.45, 2.75) is 59.2 Å². The molecule has 1 unspecified atom stereocenters. The molecule has 0 bridgehead atoms. The van der Waals surface area contributed by atoms with E-state index in [2.05, 4.69) is 20.2 Å². The number of hydrogen-bond donors (Lipinski definition) is 2. The van der Waals surface area contributed by atoms with Crippen molar-refractivity contribution in [3.63, 3.8) is 0 Å². The molecule has 4 rings (SSSR count). The van der Waals surface area contributed by atoms with Crippen molar-refractivity contribution in [2.24, 2.45) is 0 Å². The van der Waals surface area contributed by atoms with E-state index in [-0.39, 0.29) is 18.0 Å². The Labute approximate surface area is 223 Å². The summed E-state index contributed by atoms with van der Waals surface area (Å²) in [7, 11) is -1.67. The fourth-order valence-electron chi connectivity index (χ4n) is 4.32. The van der Waals surface area contributed by atoms with Crippen LogP contribution in [0, 0.1) is 6.92 Å². The number of pyridine rings is 1. The summed E-state index contributed by atoms with van der Waals surface area (Å²) < 4.78 is 41.1. The maximum Gasteiger partial charge on any atom is 0.410 e. The summed E-state index contributed by atoms with van der Waals surface area (Å²) >= 11 is 0. The first-order chi connectivity index (χ1) is 17.9. The minimum Gasteiger partial charge on any atom is -0.488 e. The average Bonchev–Trinajstić information content (AvgIpc) is 3.24. The number of aryl methyl sites for hydroxylation is 1. The lowest BCUT2D eigenvalue weighted by atomic mass is 10.0. The third-order valence-electron chi connectivity index (χ3n) is 6.21. The van der Waals surface area contributed by atoms with Crippen LogP contribution in [0.1, 0.15) is 46.4 Å². The number of nitrogens with zero attached hydrogens (tertiary/aromatic N) is 4. The number of fused-ring (bicyclic) bond motifs is 1. The number of rotatable bonds is 7. The van der Waals surface area contributed by atoms with E-state index < -0.39 is 15.6 Å². The smallest absolute Gasteiger partial charge is 0.410 e. The second-order valence-electron chi connectivity index (χ2n) is 10.4. The van der Waals surface area contributed by atoms with Crippen molar-refractivity contribution < 1.29 is 22.7 Å². The molecule has 1 saturated heterocycles. The van der Waals surface area contributed by atoms with E-state index in [1.807, 2.05) is 44.4 Å². The van der Waals surface area contributed by atoms with Gasteiger partial charge in [-0.25, -0.2) is 13.2 Å². The van der Waals surface area contributed by atoms with Gasteiger partial charge in [0.2, 0.25) is 10.0 Å². The molecule has 1 aliphatic rings. The predicted molar refractivity (Wildman–Crippen MR) is 147 cm³/mol. The zero-order valence-corrected chi connectivity index (χ0v) is 23.6. The van der Waals surface area contributed by atoms with E-state index in [1.165, 1.54) is 0 Å². The van der Waals surface area contributed by atoms with Crippen molar-refractivity contribution in [3.05, 3.63) is 36.3 Å². The van der Waals surface area contributed by atoms with Crippen LogP contribution in [-0.2, 0) is 14.8 Å². The molecule has 1 aliphatic heterocycles. The van der Waals surface area contributed by atoms with Gasteiger partial charge >= 0.3 is 6.09 Å². The molecule has 1 aromatic carbocycles. The maximum atomic E-state index is 12.7. The quantitative estimate of drug-likeness (QED) is 0.451. The Morgan fingerprint density at radius 2 is 1.97 bits per heavy atom. The van der Waals surface area contributed by atoms with Gasteiger partial charge in [0.25, 0.3) is 0 Å². The van der Waals surface area contributed by atoms with Gasteiger partial charge in [-0.2, -0.15) is 0 Å². The van der Waals surface area contributed by atoms with Gasteiger partial charge in [0.15, 0.2) is 5.65 Å². The number of piperidine rings is 1. The molecule has 0 saturated carbocycles. The number of aromatic nitrogens is 3. The van der Waals surface area contributed by atoms with Crippen LogP contribution in [0.5, 0.6) is 5.75 Å². The molecule has 0 spiro atoms. The van der Waals surface area contributed by atoms with Gasteiger partial charge in [0.05, 0.1) is 18.0 Å². The number of benzene rings is 1. The molecule has 3 aromatic rings. The first-order valence-corrected chi connectivity index (χ1v) is 14.4. The Kier molecular flexibility index (Phi) is 7.73. The van der Waals surface area contributed by atoms with Gasteiger partial charge in [-0.05, 0) is 71.7 Å². The van der Waals surface area contributed by atoms with Crippen LogP contribution in [0.15, 0.2) is 30.5 Å². The van der Waals surface area contributed by atoms with Crippen molar-refractivity contribution in [2.75, 3.05) is 35.9 Å². The van der Waals surface area contributed by atoms with Gasteiger partial charge in [-0.1, -0.05) is 0 Å². The Balaban J connectivity index is 1.71. The lowest BCUT2D eigenvalue weighted by Gasteiger charge is -2.34. The van der Waals surface area contributed by atoms with E-state index in [4.69, 9.17) is 9.47 Å². The SMILES string of the molecule is CCS(=O)(=O)Nc1ccc(OC2CCCN(C(=O)OC(C)(C)C)C2)c(-c2cc(NC)c3nnc(C)n3c2)c1. The second-order valence-corrected chi connectivity index (χ2v) is 12.4. The summed E-state index contributed by atoms with van der Waals surface area (Å²) in [6.45, 7) is 9.98. The summed E-state index contributed by atoms with van der Waals surface area (Å²) in [5, 5.41) is 11.6. The molecule has 1 amide bonds. The fourth-order valence-corrected chi connectivity index (χ4v) is 4.95. The van der Waals surface area contributed by atoms with Crippen LogP contribution >= 0.6 is 0 Å². The van der Waals surface area contributed by atoms with Gasteiger partial charge < -0.3 is 19.7 Å². The standard InChI is InChI=1S/C26H36N6O5S/c1-7-38(34,35)30-19-10-11-23(36-20-9-8-12-31(16-20)25(33)37-26(3,4)5)21(14-19)18-13-22(27-6)24-29-28-17(2)32(24)15-18/h10-11,13-15,20,27,30H,7-9,12,16H2,1-6H3. The lowest BCUT2D eigenvalue weighted by Crippen LogP contribution is -2.46. The molecule has 11 nitrogen and oxygen atoms in total. The largest absolute Gasteiger partial charge is 0.488 e. The Morgan fingerprint density at radius 1 is 1.21 bits per heavy atom. The fraction of sp³-hybridized carbons (Fsp3) is 0.500. The first kappa shape index (κ1) is 27.5. The Morgan fingerprint density at radius 3 is 2.66 bits per heavy atom. The molecule has 206 valence electrons. The van der Waals surface area contributed by atoms with E-state index in [0.717, 1.165) is 24.1 Å². The molecule has 38 heavy (non-hydrogen) atoms. The molecule has 1 atom stereocenters. The van der Waals surface area contributed by atoms with Crippen LogP contribution in [0.4, 0.5) is 16.2 Å². The van der Waals surface area contributed by atoms with Crippen molar-refractivity contribution in [1.29, 1.82) is 0 Å². The maximum absolute atomic E-state index is 12.7.